The van der Waals surface area contributed by atoms with Crippen LogP contribution in [-0.4, -0.2) is 5.84 Å². The zero-order chi connectivity index (χ0) is 18.8. The van der Waals surface area contributed by atoms with Gasteiger partial charge in [0, 0.05) is 11.4 Å². The van der Waals surface area contributed by atoms with E-state index < -0.39 is 0 Å². The Hall–Kier alpha value is -2.72. The van der Waals surface area contributed by atoms with Crippen molar-refractivity contribution in [2.24, 2.45) is 4.99 Å². The highest BCUT2D eigenvalue weighted by Gasteiger charge is 2.31. The van der Waals surface area contributed by atoms with Crippen LogP contribution >= 0.6 is 11.6 Å². The first-order chi connectivity index (χ1) is 13.1. The number of hydrogen-bond donors (Lipinski definition) is 1. The van der Waals surface area contributed by atoms with Crippen molar-refractivity contribution in [2.75, 3.05) is 0 Å². The zero-order valence-corrected chi connectivity index (χ0v) is 15.1. The number of benzene rings is 3. The maximum Gasteiger partial charge on any atom is 0.123 e. The second-order valence-corrected chi connectivity index (χ2v) is 7.00. The molecule has 0 amide bonds. The van der Waals surface area contributed by atoms with Gasteiger partial charge in [0.2, 0.25) is 0 Å². The minimum absolute atomic E-state index is 0.267. The third-order valence-corrected chi connectivity index (χ3v) is 4.83. The summed E-state index contributed by atoms with van der Waals surface area (Å²) in [7, 11) is 0. The molecule has 0 fully saturated rings. The first-order valence-electron chi connectivity index (χ1n) is 8.67. The zero-order valence-electron chi connectivity index (χ0n) is 14.4. The van der Waals surface area contributed by atoms with Crippen LogP contribution in [0.1, 0.15) is 28.8 Å². The molecule has 1 aliphatic heterocycles. The summed E-state index contributed by atoms with van der Waals surface area (Å²) in [5, 5.41) is 4.05. The van der Waals surface area contributed by atoms with Gasteiger partial charge in [-0.3, -0.25) is 4.99 Å². The van der Waals surface area contributed by atoms with Crippen LogP contribution in [0, 0.1) is 11.6 Å². The maximum atomic E-state index is 13.8. The molecule has 3 aromatic rings. The molecular formula is C22H17ClF2N2. The molecule has 0 saturated heterocycles. The molecule has 0 aromatic heterocycles. The third kappa shape index (κ3) is 4.01. The summed E-state index contributed by atoms with van der Waals surface area (Å²) in [6.45, 7) is 0. The Labute approximate surface area is 161 Å². The molecule has 0 radical (unpaired) electrons. The van der Waals surface area contributed by atoms with Gasteiger partial charge in [-0.15, -0.1) is 0 Å². The molecule has 2 unspecified atom stereocenters. The second-order valence-electron chi connectivity index (χ2n) is 6.56. The predicted molar refractivity (Wildman–Crippen MR) is 104 cm³/mol. The number of nitrogens with zero attached hydrogens (tertiary/aromatic N) is 1. The fraction of sp³-hybridized carbons (Fsp3) is 0.136. The number of nitrogens with one attached hydrogen (secondary N) is 1. The van der Waals surface area contributed by atoms with Crippen molar-refractivity contribution >= 4 is 17.4 Å². The number of rotatable bonds is 4. The number of amidine groups is 1. The molecule has 1 aliphatic rings. The summed E-state index contributed by atoms with van der Waals surface area (Å²) >= 11 is 6.07. The van der Waals surface area contributed by atoms with E-state index in [2.05, 4.69) is 5.32 Å². The van der Waals surface area contributed by atoms with E-state index in [1.54, 1.807) is 12.1 Å². The molecule has 0 spiro atoms. The van der Waals surface area contributed by atoms with Gasteiger partial charge < -0.3 is 5.32 Å². The SMILES string of the molecule is Fc1cccc(C2N=C(Cc3cccc(Cl)c3)NC2c2cccc(F)c2)c1. The average Bonchev–Trinajstić information content (AvgIpc) is 3.06. The number of aliphatic imine (C=N–C) groups is 1. The summed E-state index contributed by atoms with van der Waals surface area (Å²) in [6.07, 6.45) is 0.568. The van der Waals surface area contributed by atoms with Gasteiger partial charge in [0.05, 0.1) is 6.04 Å². The Kier molecular flexibility index (Phi) is 4.90. The fourth-order valence-electron chi connectivity index (χ4n) is 3.40. The first-order valence-corrected chi connectivity index (χ1v) is 9.05. The third-order valence-electron chi connectivity index (χ3n) is 4.59. The van der Waals surface area contributed by atoms with Crippen LogP contribution in [0.15, 0.2) is 77.8 Å². The predicted octanol–water partition coefficient (Wildman–Crippen LogP) is 5.65. The van der Waals surface area contributed by atoms with Crippen LogP contribution < -0.4 is 5.32 Å². The van der Waals surface area contributed by atoms with Crippen molar-refractivity contribution in [1.29, 1.82) is 0 Å². The molecular weight excluding hydrogens is 366 g/mol. The molecule has 2 atom stereocenters. The Morgan fingerprint density at radius 2 is 1.52 bits per heavy atom. The minimum Gasteiger partial charge on any atom is -0.364 e. The van der Waals surface area contributed by atoms with Gasteiger partial charge in [0.15, 0.2) is 0 Å². The van der Waals surface area contributed by atoms with E-state index in [1.165, 1.54) is 24.3 Å². The summed E-state index contributed by atoms with van der Waals surface area (Å²) < 4.78 is 27.5. The van der Waals surface area contributed by atoms with Gasteiger partial charge >= 0.3 is 0 Å². The Morgan fingerprint density at radius 3 is 2.22 bits per heavy atom. The highest BCUT2D eigenvalue weighted by molar-refractivity contribution is 6.30. The summed E-state index contributed by atoms with van der Waals surface area (Å²) in [4.78, 5) is 4.79. The van der Waals surface area contributed by atoms with Crippen molar-refractivity contribution in [3.05, 3.63) is 106 Å². The minimum atomic E-state index is -0.336. The first kappa shape index (κ1) is 17.7. The maximum absolute atomic E-state index is 13.8. The van der Waals surface area contributed by atoms with Gasteiger partial charge in [-0.2, -0.15) is 0 Å². The van der Waals surface area contributed by atoms with E-state index in [-0.39, 0.29) is 23.7 Å². The molecule has 0 saturated carbocycles. The lowest BCUT2D eigenvalue weighted by Gasteiger charge is -2.20. The molecule has 0 aliphatic carbocycles. The van der Waals surface area contributed by atoms with Crippen molar-refractivity contribution < 1.29 is 8.78 Å². The van der Waals surface area contributed by atoms with E-state index >= 15 is 0 Å². The Balaban J connectivity index is 1.69. The van der Waals surface area contributed by atoms with Crippen molar-refractivity contribution in [2.45, 2.75) is 18.5 Å². The molecule has 136 valence electrons. The van der Waals surface area contributed by atoms with Crippen LogP contribution in [0.2, 0.25) is 5.02 Å². The second kappa shape index (κ2) is 7.49. The number of halogens is 3. The van der Waals surface area contributed by atoms with Crippen LogP contribution in [0.5, 0.6) is 0 Å². The van der Waals surface area contributed by atoms with Gasteiger partial charge in [0.1, 0.15) is 23.5 Å². The monoisotopic (exact) mass is 382 g/mol. The van der Waals surface area contributed by atoms with Crippen LogP contribution in [0.4, 0.5) is 8.78 Å². The summed E-state index contributed by atoms with van der Waals surface area (Å²) in [6, 6.07) is 19.8. The van der Waals surface area contributed by atoms with Crippen LogP contribution in [0.3, 0.4) is 0 Å². The molecule has 1 heterocycles. The lowest BCUT2D eigenvalue weighted by Crippen LogP contribution is -2.25. The van der Waals surface area contributed by atoms with Gasteiger partial charge in [-0.05, 0) is 53.1 Å². The smallest absolute Gasteiger partial charge is 0.123 e. The van der Waals surface area contributed by atoms with E-state index in [1.807, 2.05) is 36.4 Å². The molecule has 27 heavy (non-hydrogen) atoms. The highest BCUT2D eigenvalue weighted by Crippen LogP contribution is 2.37. The van der Waals surface area contributed by atoms with Gasteiger partial charge in [-0.1, -0.05) is 48.0 Å². The lowest BCUT2D eigenvalue weighted by molar-refractivity contribution is 0.555. The summed E-state index contributed by atoms with van der Waals surface area (Å²) in [5.74, 6) is 0.139. The van der Waals surface area contributed by atoms with E-state index in [0.717, 1.165) is 22.5 Å². The van der Waals surface area contributed by atoms with Crippen molar-refractivity contribution in [3.8, 4) is 0 Å². The van der Waals surface area contributed by atoms with Crippen LogP contribution in [-0.2, 0) is 6.42 Å². The average molecular weight is 383 g/mol. The van der Waals surface area contributed by atoms with E-state index in [4.69, 9.17) is 16.6 Å². The van der Waals surface area contributed by atoms with E-state index in [9.17, 15) is 8.78 Å². The molecule has 3 aromatic carbocycles. The molecule has 2 nitrogen and oxygen atoms in total. The lowest BCUT2D eigenvalue weighted by atomic mass is 9.95. The standard InChI is InChI=1S/C22H17ClF2N2/c23-17-7-1-4-14(10-17)11-20-26-21(15-5-2-8-18(24)12-15)22(27-20)16-6-3-9-19(25)13-16/h1-10,12-13,21-22H,11H2,(H,26,27). The topological polar surface area (TPSA) is 24.4 Å². The largest absolute Gasteiger partial charge is 0.364 e. The van der Waals surface area contributed by atoms with Gasteiger partial charge in [0.25, 0.3) is 0 Å². The summed E-state index contributed by atoms with van der Waals surface area (Å²) in [5.41, 5.74) is 2.54. The molecule has 1 N–H and O–H groups in total. The Bertz CT molecular complexity index is 1000. The fourth-order valence-corrected chi connectivity index (χ4v) is 3.61. The highest BCUT2D eigenvalue weighted by atomic mass is 35.5. The number of hydrogen-bond acceptors (Lipinski definition) is 2. The Morgan fingerprint density at radius 1 is 0.852 bits per heavy atom. The van der Waals surface area contributed by atoms with E-state index in [0.29, 0.717) is 11.4 Å². The normalized spacial score (nSPS) is 18.9. The van der Waals surface area contributed by atoms with Crippen LogP contribution in [0.25, 0.3) is 0 Å². The van der Waals surface area contributed by atoms with Crippen molar-refractivity contribution in [3.63, 3.8) is 0 Å². The quantitative estimate of drug-likeness (QED) is 0.620. The molecule has 0 bridgehead atoms. The molecule has 4 rings (SSSR count). The molecule has 5 heteroatoms. The van der Waals surface area contributed by atoms with Gasteiger partial charge in [-0.25, -0.2) is 8.78 Å². The van der Waals surface area contributed by atoms with Crippen molar-refractivity contribution in [1.82, 2.24) is 5.32 Å².